The summed E-state index contributed by atoms with van der Waals surface area (Å²) in [4.78, 5) is 4.76. The zero-order valence-corrected chi connectivity index (χ0v) is 11.0. The minimum absolute atomic E-state index is 0.376. The first kappa shape index (κ1) is 11.1. The quantitative estimate of drug-likeness (QED) is 0.839. The minimum atomic E-state index is 0.376. The number of hydrogen-bond donors (Lipinski definition) is 1. The SMILES string of the molecule is CC1CSCC(c2nc3ccccc3n2C)N1. The van der Waals surface area contributed by atoms with Crippen molar-refractivity contribution in [3.63, 3.8) is 0 Å². The molecular weight excluding hydrogens is 230 g/mol. The van der Waals surface area contributed by atoms with Crippen molar-refractivity contribution in [3.8, 4) is 0 Å². The summed E-state index contributed by atoms with van der Waals surface area (Å²) >= 11 is 2.01. The Balaban J connectivity index is 2.02. The Kier molecular flexibility index (Phi) is 2.84. The smallest absolute Gasteiger partial charge is 0.127 e. The third kappa shape index (κ3) is 1.96. The van der Waals surface area contributed by atoms with E-state index in [-0.39, 0.29) is 0 Å². The van der Waals surface area contributed by atoms with Crippen LogP contribution in [0.2, 0.25) is 0 Å². The fourth-order valence-corrected chi connectivity index (χ4v) is 3.49. The van der Waals surface area contributed by atoms with Crippen molar-refractivity contribution < 1.29 is 0 Å². The first-order valence-electron chi connectivity index (χ1n) is 6.01. The van der Waals surface area contributed by atoms with Crippen LogP contribution in [0, 0.1) is 0 Å². The van der Waals surface area contributed by atoms with Crippen molar-refractivity contribution >= 4 is 22.8 Å². The van der Waals surface area contributed by atoms with Crippen LogP contribution in [-0.4, -0.2) is 27.1 Å². The fraction of sp³-hybridized carbons (Fsp3) is 0.462. The third-order valence-corrected chi connectivity index (χ3v) is 4.58. The summed E-state index contributed by atoms with van der Waals surface area (Å²) in [6.45, 7) is 2.24. The van der Waals surface area contributed by atoms with Crippen LogP contribution in [0.4, 0.5) is 0 Å². The average Bonchev–Trinajstić information content (AvgIpc) is 2.68. The van der Waals surface area contributed by atoms with Gasteiger partial charge in [0.25, 0.3) is 0 Å². The highest BCUT2D eigenvalue weighted by atomic mass is 32.2. The van der Waals surface area contributed by atoms with E-state index in [1.54, 1.807) is 0 Å². The molecule has 0 spiro atoms. The lowest BCUT2D eigenvalue weighted by Gasteiger charge is -2.27. The van der Waals surface area contributed by atoms with E-state index in [0.717, 1.165) is 17.1 Å². The summed E-state index contributed by atoms with van der Waals surface area (Å²) in [5.74, 6) is 3.47. The lowest BCUT2D eigenvalue weighted by molar-refractivity contribution is 0.476. The van der Waals surface area contributed by atoms with Gasteiger partial charge in [0, 0.05) is 24.6 Å². The van der Waals surface area contributed by atoms with Gasteiger partial charge in [0.15, 0.2) is 0 Å². The molecule has 1 N–H and O–H groups in total. The van der Waals surface area contributed by atoms with Crippen LogP contribution in [0.15, 0.2) is 24.3 Å². The van der Waals surface area contributed by atoms with E-state index in [1.165, 1.54) is 11.3 Å². The molecule has 90 valence electrons. The van der Waals surface area contributed by atoms with Gasteiger partial charge in [-0.3, -0.25) is 0 Å². The molecular formula is C13H17N3S. The van der Waals surface area contributed by atoms with Crippen LogP contribution in [0.1, 0.15) is 18.8 Å². The minimum Gasteiger partial charge on any atom is -0.330 e. The molecule has 4 heteroatoms. The zero-order chi connectivity index (χ0) is 11.8. The normalized spacial score (nSPS) is 25.3. The van der Waals surface area contributed by atoms with Crippen LogP contribution >= 0.6 is 11.8 Å². The van der Waals surface area contributed by atoms with Crippen molar-refractivity contribution in [3.05, 3.63) is 30.1 Å². The van der Waals surface area contributed by atoms with Crippen molar-refractivity contribution in [2.24, 2.45) is 7.05 Å². The number of rotatable bonds is 1. The number of para-hydroxylation sites is 2. The molecule has 1 aromatic carbocycles. The van der Waals surface area contributed by atoms with E-state index < -0.39 is 0 Å². The van der Waals surface area contributed by atoms with Crippen LogP contribution in [0.25, 0.3) is 11.0 Å². The van der Waals surface area contributed by atoms with Gasteiger partial charge >= 0.3 is 0 Å². The van der Waals surface area contributed by atoms with Gasteiger partial charge in [0.1, 0.15) is 5.82 Å². The third-order valence-electron chi connectivity index (χ3n) is 3.27. The molecule has 1 saturated heterocycles. The molecule has 2 heterocycles. The van der Waals surface area contributed by atoms with Crippen molar-refractivity contribution in [1.29, 1.82) is 0 Å². The van der Waals surface area contributed by atoms with Gasteiger partial charge in [-0.15, -0.1) is 0 Å². The van der Waals surface area contributed by atoms with E-state index in [0.29, 0.717) is 12.1 Å². The first-order chi connectivity index (χ1) is 8.25. The summed E-state index contributed by atoms with van der Waals surface area (Å²) in [6, 6.07) is 9.27. The van der Waals surface area contributed by atoms with Crippen molar-refractivity contribution in [1.82, 2.24) is 14.9 Å². The average molecular weight is 247 g/mol. The topological polar surface area (TPSA) is 29.9 Å². The molecule has 0 bridgehead atoms. The lowest BCUT2D eigenvalue weighted by atomic mass is 10.2. The Labute approximate surface area is 106 Å². The number of nitrogens with one attached hydrogen (secondary N) is 1. The number of nitrogens with zero attached hydrogens (tertiary/aromatic N) is 2. The van der Waals surface area contributed by atoms with Crippen LogP contribution < -0.4 is 5.32 Å². The summed E-state index contributed by atoms with van der Waals surface area (Å²) in [5, 5.41) is 3.63. The Bertz CT molecular complexity index is 534. The molecule has 0 saturated carbocycles. The van der Waals surface area contributed by atoms with Gasteiger partial charge in [-0.25, -0.2) is 4.98 Å². The second-order valence-electron chi connectivity index (χ2n) is 4.68. The highest BCUT2D eigenvalue weighted by Gasteiger charge is 2.23. The molecule has 17 heavy (non-hydrogen) atoms. The van der Waals surface area contributed by atoms with E-state index in [1.807, 2.05) is 17.8 Å². The van der Waals surface area contributed by atoms with E-state index in [2.05, 4.69) is 42.1 Å². The highest BCUT2D eigenvalue weighted by Crippen LogP contribution is 2.26. The molecule has 2 unspecified atom stereocenters. The Morgan fingerprint density at radius 2 is 2.18 bits per heavy atom. The van der Waals surface area contributed by atoms with Gasteiger partial charge < -0.3 is 9.88 Å². The second kappa shape index (κ2) is 4.35. The second-order valence-corrected chi connectivity index (χ2v) is 5.75. The van der Waals surface area contributed by atoms with E-state index >= 15 is 0 Å². The molecule has 0 amide bonds. The maximum absolute atomic E-state index is 4.76. The highest BCUT2D eigenvalue weighted by molar-refractivity contribution is 7.99. The van der Waals surface area contributed by atoms with Gasteiger partial charge in [0.05, 0.1) is 17.1 Å². The number of aryl methyl sites for hydroxylation is 1. The maximum atomic E-state index is 4.76. The number of benzene rings is 1. The number of thioether (sulfide) groups is 1. The molecule has 2 aromatic rings. The largest absolute Gasteiger partial charge is 0.330 e. The predicted molar refractivity (Wildman–Crippen MR) is 73.4 cm³/mol. The van der Waals surface area contributed by atoms with Crippen molar-refractivity contribution in [2.45, 2.75) is 19.0 Å². The predicted octanol–water partition coefficient (Wildman–Crippen LogP) is 2.34. The Morgan fingerprint density at radius 1 is 1.35 bits per heavy atom. The molecule has 1 aliphatic heterocycles. The summed E-state index contributed by atoms with van der Waals surface area (Å²) in [7, 11) is 2.11. The number of fused-ring (bicyclic) bond motifs is 1. The van der Waals surface area contributed by atoms with Gasteiger partial charge in [-0.1, -0.05) is 12.1 Å². The number of imidazole rings is 1. The van der Waals surface area contributed by atoms with Gasteiger partial charge in [0.2, 0.25) is 0 Å². The molecule has 3 rings (SSSR count). The standard InChI is InChI=1S/C13H17N3S/c1-9-7-17-8-11(14-9)13-15-10-5-3-4-6-12(10)16(13)2/h3-6,9,11,14H,7-8H2,1-2H3. The Hall–Kier alpha value is -1.00. The molecule has 0 aliphatic carbocycles. The molecule has 3 nitrogen and oxygen atoms in total. The van der Waals surface area contributed by atoms with Crippen molar-refractivity contribution in [2.75, 3.05) is 11.5 Å². The van der Waals surface area contributed by atoms with Crippen LogP contribution in [0.3, 0.4) is 0 Å². The molecule has 1 aliphatic rings. The molecule has 0 radical (unpaired) electrons. The maximum Gasteiger partial charge on any atom is 0.127 e. The van der Waals surface area contributed by atoms with Crippen LogP contribution in [0.5, 0.6) is 0 Å². The number of aromatic nitrogens is 2. The summed E-state index contributed by atoms with van der Waals surface area (Å²) in [5.41, 5.74) is 2.31. The lowest BCUT2D eigenvalue weighted by Crippen LogP contribution is -2.39. The summed E-state index contributed by atoms with van der Waals surface area (Å²) < 4.78 is 2.21. The molecule has 1 fully saturated rings. The van der Waals surface area contributed by atoms with E-state index in [9.17, 15) is 0 Å². The monoisotopic (exact) mass is 247 g/mol. The Morgan fingerprint density at radius 3 is 2.94 bits per heavy atom. The van der Waals surface area contributed by atoms with Gasteiger partial charge in [-0.2, -0.15) is 11.8 Å². The molecule has 2 atom stereocenters. The zero-order valence-electron chi connectivity index (χ0n) is 10.2. The summed E-state index contributed by atoms with van der Waals surface area (Å²) in [6.07, 6.45) is 0. The van der Waals surface area contributed by atoms with Crippen LogP contribution in [-0.2, 0) is 7.05 Å². The molecule has 1 aromatic heterocycles. The van der Waals surface area contributed by atoms with Gasteiger partial charge in [-0.05, 0) is 19.1 Å². The van der Waals surface area contributed by atoms with E-state index in [4.69, 9.17) is 4.98 Å². The fourth-order valence-electron chi connectivity index (χ4n) is 2.43. The number of hydrogen-bond acceptors (Lipinski definition) is 3. The first-order valence-corrected chi connectivity index (χ1v) is 7.16.